The maximum Gasteiger partial charge on any atom is 0.296 e. The number of nitrogens with zero attached hydrogens (tertiary/aromatic N) is 8. The number of halogens is 2. The van der Waals surface area contributed by atoms with Crippen molar-refractivity contribution in [1.82, 2.24) is 38.3 Å². The zero-order chi connectivity index (χ0) is 37.6. The van der Waals surface area contributed by atoms with E-state index in [0.717, 1.165) is 65.4 Å². The molecule has 0 bridgehead atoms. The monoisotopic (exact) mass is 732 g/mol. The van der Waals surface area contributed by atoms with E-state index in [0.29, 0.717) is 43.9 Å². The van der Waals surface area contributed by atoms with Crippen molar-refractivity contribution >= 4 is 11.3 Å². The molecule has 0 atom stereocenters. The van der Waals surface area contributed by atoms with E-state index in [2.05, 4.69) is 27.3 Å². The molecule has 278 valence electrons. The number of aryl methyl sites for hydroxylation is 2. The van der Waals surface area contributed by atoms with Gasteiger partial charge in [-0.05, 0) is 66.6 Å². The van der Waals surface area contributed by atoms with Gasteiger partial charge in [0.25, 0.3) is 11.1 Å². The Labute approximate surface area is 310 Å². The summed E-state index contributed by atoms with van der Waals surface area (Å²) >= 11 is 0. The van der Waals surface area contributed by atoms with Crippen molar-refractivity contribution in [2.75, 3.05) is 13.2 Å². The third-order valence-corrected chi connectivity index (χ3v) is 9.72. The van der Waals surface area contributed by atoms with Gasteiger partial charge in [0.1, 0.15) is 23.3 Å². The molecule has 11 nitrogen and oxygen atoms in total. The highest BCUT2D eigenvalue weighted by molar-refractivity contribution is 5.39. The molecule has 0 unspecified atom stereocenters. The summed E-state index contributed by atoms with van der Waals surface area (Å²) in [7, 11) is 0. The van der Waals surface area contributed by atoms with Crippen LogP contribution in [0.15, 0.2) is 101 Å². The van der Waals surface area contributed by atoms with Crippen LogP contribution in [0.4, 0.5) is 8.78 Å². The van der Waals surface area contributed by atoms with Gasteiger partial charge in [-0.2, -0.15) is 0 Å². The smallest absolute Gasteiger partial charge is 0.296 e. The topological polar surface area (TPSA) is 114 Å². The Bertz CT molecular complexity index is 2500. The number of rotatable bonds is 10. The molecule has 8 rings (SSSR count). The van der Waals surface area contributed by atoms with Crippen molar-refractivity contribution < 1.29 is 13.5 Å². The lowest BCUT2D eigenvalue weighted by molar-refractivity contribution is 0.0834. The lowest BCUT2D eigenvalue weighted by Crippen LogP contribution is -2.27. The van der Waals surface area contributed by atoms with Crippen molar-refractivity contribution in [3.63, 3.8) is 0 Å². The SMILES string of the molecule is CCCc1nnc2c(=O)n(Cc3cccc(F)c3)c(CC)cn12.O=c1c2nnc(C3CCOCC3)n2cc(Cc2ccccc2)n1Cc1cccc(F)c1. The lowest BCUT2D eigenvalue weighted by Gasteiger charge is -2.21. The van der Waals surface area contributed by atoms with Crippen LogP contribution in [0.25, 0.3) is 11.3 Å². The quantitative estimate of drug-likeness (QED) is 0.166. The molecular formula is C41H42F2N8O3. The van der Waals surface area contributed by atoms with Crippen LogP contribution >= 0.6 is 0 Å². The van der Waals surface area contributed by atoms with Crippen LogP contribution in [0.1, 0.15) is 78.8 Å². The highest BCUT2D eigenvalue weighted by atomic mass is 19.1. The van der Waals surface area contributed by atoms with Crippen molar-refractivity contribution in [2.45, 2.75) is 71.4 Å². The Morgan fingerprint density at radius 1 is 0.685 bits per heavy atom. The fourth-order valence-corrected chi connectivity index (χ4v) is 6.96. The Balaban J connectivity index is 0.000000175. The Hall–Kier alpha value is -5.82. The van der Waals surface area contributed by atoms with E-state index in [1.807, 2.05) is 66.2 Å². The summed E-state index contributed by atoms with van der Waals surface area (Å²) < 4.78 is 39.6. The van der Waals surface area contributed by atoms with Gasteiger partial charge in [0.05, 0.1) is 13.1 Å². The van der Waals surface area contributed by atoms with Crippen LogP contribution < -0.4 is 11.1 Å². The summed E-state index contributed by atoms with van der Waals surface area (Å²) in [6.07, 6.45) is 8.60. The van der Waals surface area contributed by atoms with E-state index in [-0.39, 0.29) is 35.2 Å². The molecular weight excluding hydrogens is 690 g/mol. The van der Waals surface area contributed by atoms with Gasteiger partial charge in [-0.15, -0.1) is 20.4 Å². The van der Waals surface area contributed by atoms with Gasteiger partial charge < -0.3 is 13.9 Å². The van der Waals surface area contributed by atoms with E-state index in [9.17, 15) is 18.4 Å². The average molecular weight is 733 g/mol. The van der Waals surface area contributed by atoms with Crippen molar-refractivity contribution in [3.8, 4) is 0 Å². The molecule has 13 heteroatoms. The van der Waals surface area contributed by atoms with Crippen LogP contribution in [-0.2, 0) is 37.1 Å². The third-order valence-electron chi connectivity index (χ3n) is 9.72. The molecule has 0 spiro atoms. The second-order valence-electron chi connectivity index (χ2n) is 13.5. The van der Waals surface area contributed by atoms with E-state index in [4.69, 9.17) is 4.74 Å². The van der Waals surface area contributed by atoms with Crippen LogP contribution in [0.5, 0.6) is 0 Å². The zero-order valence-corrected chi connectivity index (χ0v) is 30.4. The predicted molar refractivity (Wildman–Crippen MR) is 201 cm³/mol. The molecule has 5 heterocycles. The van der Waals surface area contributed by atoms with E-state index in [1.165, 1.54) is 24.3 Å². The summed E-state index contributed by atoms with van der Waals surface area (Å²) in [5.41, 5.74) is 4.49. The highest BCUT2D eigenvalue weighted by Crippen LogP contribution is 2.26. The van der Waals surface area contributed by atoms with Gasteiger partial charge in [0, 0.05) is 55.8 Å². The lowest BCUT2D eigenvalue weighted by atomic mass is 9.99. The minimum absolute atomic E-state index is 0.191. The van der Waals surface area contributed by atoms with Crippen molar-refractivity contribution in [1.29, 1.82) is 0 Å². The Morgan fingerprint density at radius 3 is 1.87 bits per heavy atom. The minimum Gasteiger partial charge on any atom is -0.381 e. The third kappa shape index (κ3) is 7.91. The fourth-order valence-electron chi connectivity index (χ4n) is 6.96. The average Bonchev–Trinajstić information content (AvgIpc) is 3.80. The van der Waals surface area contributed by atoms with Gasteiger partial charge in [-0.25, -0.2) is 8.78 Å². The number of fused-ring (bicyclic) bond motifs is 2. The summed E-state index contributed by atoms with van der Waals surface area (Å²) in [6.45, 7) is 6.03. The molecule has 3 aromatic carbocycles. The first-order chi connectivity index (χ1) is 26.3. The normalized spacial score (nSPS) is 13.3. The zero-order valence-electron chi connectivity index (χ0n) is 30.4. The first kappa shape index (κ1) is 36.5. The predicted octanol–water partition coefficient (Wildman–Crippen LogP) is 6.16. The summed E-state index contributed by atoms with van der Waals surface area (Å²) in [4.78, 5) is 26.2. The standard InChI is InChI=1S/C24H23FN4O2.C17H19FN4O/c25-20-8-4-7-18(13-20)15-28-21(14-17-5-2-1-3-6-17)16-29-22(19-9-11-31-12-10-19)26-27-23(29)24(28)30;1-3-6-15-19-20-16-17(23)21(14(4-2)11-22(15)16)10-12-7-5-8-13(18)9-12/h1-8,13,16,19H,9-12,14-15H2;5,7-9,11H,3-4,6,10H2,1-2H3. The molecule has 0 N–H and O–H groups in total. The largest absolute Gasteiger partial charge is 0.381 e. The second kappa shape index (κ2) is 16.5. The van der Waals surface area contributed by atoms with E-state index < -0.39 is 0 Å². The number of hydrogen-bond acceptors (Lipinski definition) is 7. The van der Waals surface area contributed by atoms with Gasteiger partial charge in [-0.1, -0.05) is 68.4 Å². The summed E-state index contributed by atoms with van der Waals surface area (Å²) in [5, 5.41) is 16.8. The minimum atomic E-state index is -0.319. The van der Waals surface area contributed by atoms with Crippen LogP contribution in [0.2, 0.25) is 0 Å². The van der Waals surface area contributed by atoms with Crippen LogP contribution in [0.3, 0.4) is 0 Å². The fraction of sp³-hybridized carbons (Fsp3) is 0.317. The number of ether oxygens (including phenoxy) is 1. The van der Waals surface area contributed by atoms with Crippen LogP contribution in [-0.4, -0.2) is 51.5 Å². The molecule has 7 aromatic rings. The van der Waals surface area contributed by atoms with Gasteiger partial charge in [0.15, 0.2) is 0 Å². The molecule has 0 radical (unpaired) electrons. The molecule has 1 aliphatic heterocycles. The first-order valence-corrected chi connectivity index (χ1v) is 18.4. The molecule has 54 heavy (non-hydrogen) atoms. The molecule has 0 amide bonds. The molecule has 0 saturated carbocycles. The second-order valence-corrected chi connectivity index (χ2v) is 13.5. The van der Waals surface area contributed by atoms with E-state index in [1.54, 1.807) is 25.7 Å². The molecule has 4 aromatic heterocycles. The molecule has 1 fully saturated rings. The van der Waals surface area contributed by atoms with Crippen molar-refractivity contribution in [2.24, 2.45) is 0 Å². The maximum atomic E-state index is 13.8. The Morgan fingerprint density at radius 2 is 1.26 bits per heavy atom. The molecule has 1 saturated heterocycles. The molecule has 1 aliphatic rings. The van der Waals surface area contributed by atoms with Gasteiger partial charge >= 0.3 is 0 Å². The molecule has 0 aliphatic carbocycles. The van der Waals surface area contributed by atoms with Crippen molar-refractivity contribution in [3.05, 3.63) is 163 Å². The maximum absolute atomic E-state index is 13.8. The first-order valence-electron chi connectivity index (χ1n) is 18.4. The number of aromatic nitrogens is 8. The van der Waals surface area contributed by atoms with Gasteiger partial charge in [-0.3, -0.25) is 18.4 Å². The number of benzene rings is 3. The van der Waals surface area contributed by atoms with Crippen LogP contribution in [0, 0.1) is 11.6 Å². The van der Waals surface area contributed by atoms with E-state index >= 15 is 0 Å². The van der Waals surface area contributed by atoms with Gasteiger partial charge in [0.2, 0.25) is 11.3 Å². The Kier molecular flexibility index (Phi) is 11.1. The highest BCUT2D eigenvalue weighted by Gasteiger charge is 2.24. The summed E-state index contributed by atoms with van der Waals surface area (Å²) in [6, 6.07) is 22.6. The summed E-state index contributed by atoms with van der Waals surface area (Å²) in [5.74, 6) is 1.20. The number of hydrogen-bond donors (Lipinski definition) is 0.